The number of imide groups is 1. The first-order chi connectivity index (χ1) is 13.5. The molecule has 2 heterocycles. The summed E-state index contributed by atoms with van der Waals surface area (Å²) in [7, 11) is 2.06. The number of nitrogens with zero attached hydrogens (tertiary/aromatic N) is 1. The molecule has 0 spiro atoms. The maximum absolute atomic E-state index is 11.7. The zero-order valence-electron chi connectivity index (χ0n) is 16.2. The lowest BCUT2D eigenvalue weighted by Crippen LogP contribution is -2.41. The van der Waals surface area contributed by atoms with Crippen LogP contribution in [-0.4, -0.2) is 42.7 Å². The first-order valence-electron chi connectivity index (χ1n) is 9.19. The Morgan fingerprint density at radius 3 is 2.66 bits per heavy atom. The van der Waals surface area contributed by atoms with Crippen molar-refractivity contribution in [1.82, 2.24) is 5.32 Å². The van der Waals surface area contributed by atoms with Crippen LogP contribution in [0.2, 0.25) is 0 Å². The van der Waals surface area contributed by atoms with Gasteiger partial charge in [-0.15, -0.1) is 12.4 Å². The van der Waals surface area contributed by atoms with Gasteiger partial charge in [-0.25, -0.2) is 0 Å². The van der Waals surface area contributed by atoms with Crippen LogP contribution in [-0.2, 0) is 11.2 Å². The zero-order chi connectivity index (χ0) is 19.7. The molecule has 2 aromatic rings. The van der Waals surface area contributed by atoms with Crippen LogP contribution >= 0.6 is 24.2 Å². The van der Waals surface area contributed by atoms with Gasteiger partial charge in [0.05, 0.1) is 17.5 Å². The van der Waals surface area contributed by atoms with Crippen molar-refractivity contribution in [1.29, 1.82) is 0 Å². The molecule has 8 heteroatoms. The number of rotatable bonds is 5. The van der Waals surface area contributed by atoms with E-state index in [0.29, 0.717) is 13.0 Å². The molecule has 0 aromatic heterocycles. The van der Waals surface area contributed by atoms with Gasteiger partial charge in [0.1, 0.15) is 24.2 Å². The second-order valence-corrected chi connectivity index (χ2v) is 8.31. The molecule has 6 nitrogen and oxygen atoms in total. The lowest BCUT2D eigenvalue weighted by atomic mass is 10.1. The fraction of sp³-hybridized carbons (Fsp3) is 0.333. The van der Waals surface area contributed by atoms with E-state index in [2.05, 4.69) is 42.4 Å². The Hall–Kier alpha value is -2.38. The summed E-state index contributed by atoms with van der Waals surface area (Å²) in [5.41, 5.74) is 3.26. The fourth-order valence-electron chi connectivity index (χ4n) is 3.39. The van der Waals surface area contributed by atoms with Gasteiger partial charge in [0, 0.05) is 7.05 Å². The number of ether oxygens (including phenoxy) is 2. The second-order valence-electron chi connectivity index (χ2n) is 7.13. The van der Waals surface area contributed by atoms with Crippen molar-refractivity contribution in [3.63, 3.8) is 0 Å². The normalized spacial score (nSPS) is 20.4. The number of hydrogen-bond acceptors (Lipinski definition) is 6. The van der Waals surface area contributed by atoms with Crippen molar-refractivity contribution in [3.8, 4) is 11.5 Å². The minimum atomic E-state index is -0.353. The molecule has 1 N–H and O–H groups in total. The van der Waals surface area contributed by atoms with Crippen LogP contribution in [0.5, 0.6) is 11.5 Å². The minimum Gasteiger partial charge on any atom is -0.490 e. The number of amides is 2. The smallest absolute Gasteiger partial charge is 0.286 e. The summed E-state index contributed by atoms with van der Waals surface area (Å²) < 4.78 is 12.0. The summed E-state index contributed by atoms with van der Waals surface area (Å²) in [5.74, 6) is 1.42. The van der Waals surface area contributed by atoms with Crippen molar-refractivity contribution in [2.24, 2.45) is 0 Å². The third-order valence-corrected chi connectivity index (χ3v) is 5.83. The van der Waals surface area contributed by atoms with E-state index in [4.69, 9.17) is 9.47 Å². The third kappa shape index (κ3) is 4.97. The number of carbonyl (C=O) groups excluding carboxylic acids is 2. The van der Waals surface area contributed by atoms with E-state index in [0.717, 1.165) is 41.1 Å². The number of hydrogen-bond donors (Lipinski definition) is 1. The summed E-state index contributed by atoms with van der Waals surface area (Å²) in [5, 5.41) is 1.69. The molecule has 2 aliphatic rings. The molecule has 1 saturated heterocycles. The molecular formula is C21H23ClN2O4S. The molecule has 0 saturated carbocycles. The van der Waals surface area contributed by atoms with E-state index in [-0.39, 0.29) is 34.9 Å². The van der Waals surface area contributed by atoms with Gasteiger partial charge in [0.2, 0.25) is 5.91 Å². The molecule has 2 unspecified atom stereocenters. The number of likely N-dealkylation sites (N-methyl/N-ethyl adjacent to an activating group) is 1. The van der Waals surface area contributed by atoms with E-state index in [1.165, 1.54) is 5.56 Å². The summed E-state index contributed by atoms with van der Waals surface area (Å²) in [6.45, 7) is 3.26. The van der Waals surface area contributed by atoms with Gasteiger partial charge in [-0.2, -0.15) is 0 Å². The van der Waals surface area contributed by atoms with Crippen LogP contribution in [0.15, 0.2) is 42.5 Å². The Morgan fingerprint density at radius 2 is 1.97 bits per heavy atom. The first kappa shape index (κ1) is 21.3. The number of anilines is 1. The molecule has 2 aromatic carbocycles. The standard InChI is InChI=1S/C21H22N2O4S.ClH/c1-13-3-8-17-18(9-13)27-16(11-23(17)2)12-26-15-6-4-14(5-7-15)10-19-20(24)22-21(25)28-19;/h3-9,16,19H,10-12H2,1-2H3,(H,22,24,25);1H. The molecule has 29 heavy (non-hydrogen) atoms. The Morgan fingerprint density at radius 1 is 1.21 bits per heavy atom. The lowest BCUT2D eigenvalue weighted by molar-refractivity contribution is -0.118. The molecule has 0 bridgehead atoms. The average molecular weight is 435 g/mol. The monoisotopic (exact) mass is 434 g/mol. The van der Waals surface area contributed by atoms with Crippen molar-refractivity contribution in [2.45, 2.75) is 24.7 Å². The highest BCUT2D eigenvalue weighted by atomic mass is 35.5. The van der Waals surface area contributed by atoms with Crippen molar-refractivity contribution in [2.75, 3.05) is 25.1 Å². The molecule has 0 radical (unpaired) electrons. The SMILES string of the molecule is Cc1ccc2c(c1)OC(COc1ccc(CC3SC(=O)NC3=O)cc1)CN2C.Cl. The Bertz CT molecular complexity index is 906. The van der Waals surface area contributed by atoms with Crippen LogP contribution in [0.4, 0.5) is 10.5 Å². The van der Waals surface area contributed by atoms with E-state index >= 15 is 0 Å². The van der Waals surface area contributed by atoms with E-state index in [1.54, 1.807) is 0 Å². The molecule has 154 valence electrons. The Kier molecular flexibility index (Phi) is 6.59. The van der Waals surface area contributed by atoms with Gasteiger partial charge >= 0.3 is 0 Å². The lowest BCUT2D eigenvalue weighted by Gasteiger charge is -2.33. The first-order valence-corrected chi connectivity index (χ1v) is 10.1. The largest absolute Gasteiger partial charge is 0.490 e. The maximum atomic E-state index is 11.7. The number of carbonyl (C=O) groups is 2. The third-order valence-electron chi connectivity index (χ3n) is 4.85. The number of thioether (sulfide) groups is 1. The quantitative estimate of drug-likeness (QED) is 0.775. The highest BCUT2D eigenvalue weighted by molar-refractivity contribution is 8.15. The van der Waals surface area contributed by atoms with Gasteiger partial charge in [0.25, 0.3) is 5.24 Å². The van der Waals surface area contributed by atoms with Gasteiger partial charge in [-0.1, -0.05) is 30.0 Å². The van der Waals surface area contributed by atoms with Crippen molar-refractivity contribution < 1.29 is 19.1 Å². The van der Waals surface area contributed by atoms with Gasteiger partial charge < -0.3 is 14.4 Å². The molecule has 2 amide bonds. The van der Waals surface area contributed by atoms with Gasteiger partial charge in [-0.05, 0) is 48.7 Å². The molecule has 2 atom stereocenters. The van der Waals surface area contributed by atoms with E-state index in [1.807, 2.05) is 24.3 Å². The minimum absolute atomic E-state index is 0. The van der Waals surface area contributed by atoms with Crippen LogP contribution in [0.3, 0.4) is 0 Å². The predicted molar refractivity (Wildman–Crippen MR) is 117 cm³/mol. The number of fused-ring (bicyclic) bond motifs is 1. The Balaban J connectivity index is 0.00000240. The Labute approximate surface area is 180 Å². The number of halogens is 1. The van der Waals surface area contributed by atoms with E-state index < -0.39 is 0 Å². The summed E-state index contributed by atoms with van der Waals surface area (Å²) in [6.07, 6.45) is 0.471. The number of benzene rings is 2. The summed E-state index contributed by atoms with van der Waals surface area (Å²) in [4.78, 5) is 25.1. The maximum Gasteiger partial charge on any atom is 0.286 e. The van der Waals surface area contributed by atoms with Crippen LogP contribution in [0.1, 0.15) is 11.1 Å². The van der Waals surface area contributed by atoms with Gasteiger partial charge in [0.15, 0.2) is 0 Å². The fourth-order valence-corrected chi connectivity index (χ4v) is 4.25. The summed E-state index contributed by atoms with van der Waals surface area (Å²) in [6, 6.07) is 13.8. The topological polar surface area (TPSA) is 67.9 Å². The zero-order valence-corrected chi connectivity index (χ0v) is 17.8. The number of nitrogens with one attached hydrogen (secondary N) is 1. The molecule has 2 aliphatic heterocycles. The van der Waals surface area contributed by atoms with Crippen LogP contribution in [0, 0.1) is 6.92 Å². The van der Waals surface area contributed by atoms with E-state index in [9.17, 15) is 9.59 Å². The highest BCUT2D eigenvalue weighted by Gasteiger charge is 2.31. The molecule has 1 fully saturated rings. The van der Waals surface area contributed by atoms with Crippen LogP contribution in [0.25, 0.3) is 0 Å². The molecule has 0 aliphatic carbocycles. The highest BCUT2D eigenvalue weighted by Crippen LogP contribution is 2.33. The van der Waals surface area contributed by atoms with Crippen molar-refractivity contribution >= 4 is 41.0 Å². The van der Waals surface area contributed by atoms with Crippen LogP contribution < -0.4 is 19.7 Å². The number of aryl methyl sites for hydroxylation is 1. The van der Waals surface area contributed by atoms with Crippen molar-refractivity contribution in [3.05, 3.63) is 53.6 Å². The predicted octanol–water partition coefficient (Wildman–Crippen LogP) is 3.59. The molecule has 4 rings (SSSR count). The summed E-state index contributed by atoms with van der Waals surface area (Å²) >= 11 is 1.05. The van der Waals surface area contributed by atoms with Gasteiger partial charge in [-0.3, -0.25) is 14.9 Å². The second kappa shape index (κ2) is 8.97. The average Bonchev–Trinajstić information content (AvgIpc) is 2.97. The molecular weight excluding hydrogens is 412 g/mol.